The maximum absolute atomic E-state index is 12.3. The van der Waals surface area contributed by atoms with Gasteiger partial charge in [0.25, 0.3) is 0 Å². The molecule has 1 saturated carbocycles. The van der Waals surface area contributed by atoms with Gasteiger partial charge in [-0.25, -0.2) is 0 Å². The Morgan fingerprint density at radius 3 is 3.00 bits per heavy atom. The molecule has 2 rings (SSSR count). The second kappa shape index (κ2) is 4.34. The zero-order valence-corrected chi connectivity index (χ0v) is 10.9. The molecule has 2 atom stereocenters. The zero-order valence-electron chi connectivity index (χ0n) is 9.33. The summed E-state index contributed by atoms with van der Waals surface area (Å²) in [4.78, 5) is 12.3. The van der Waals surface area contributed by atoms with Crippen LogP contribution in [-0.4, -0.2) is 11.3 Å². The van der Waals surface area contributed by atoms with Crippen molar-refractivity contribution in [2.75, 3.05) is 0 Å². The molecule has 1 aromatic rings. The fraction of sp³-hybridized carbons (Fsp3) is 0.583. The molecule has 4 heteroatoms. The van der Waals surface area contributed by atoms with Gasteiger partial charge in [-0.3, -0.25) is 4.79 Å². The van der Waals surface area contributed by atoms with E-state index in [1.54, 1.807) is 6.07 Å². The van der Waals surface area contributed by atoms with Crippen LogP contribution in [0.15, 0.2) is 21.2 Å². The Kier molecular flexibility index (Phi) is 3.22. The number of Topliss-reactive ketones (excluding diaryl/α,β-unsaturated/α-hetero) is 1. The van der Waals surface area contributed by atoms with Crippen LogP contribution in [0.3, 0.4) is 0 Å². The summed E-state index contributed by atoms with van der Waals surface area (Å²) < 4.78 is 5.90. The van der Waals surface area contributed by atoms with Crippen molar-refractivity contribution in [3.8, 4) is 0 Å². The van der Waals surface area contributed by atoms with Crippen molar-refractivity contribution in [1.82, 2.24) is 0 Å². The molecule has 2 N–H and O–H groups in total. The Bertz CT molecular complexity index is 401. The fourth-order valence-corrected chi connectivity index (χ4v) is 2.86. The Morgan fingerprint density at radius 1 is 1.69 bits per heavy atom. The van der Waals surface area contributed by atoms with E-state index in [2.05, 4.69) is 22.9 Å². The first-order valence-corrected chi connectivity index (χ1v) is 6.39. The summed E-state index contributed by atoms with van der Waals surface area (Å²) in [6.07, 6.45) is 5.18. The quantitative estimate of drug-likeness (QED) is 0.850. The van der Waals surface area contributed by atoms with E-state index in [9.17, 15) is 4.79 Å². The van der Waals surface area contributed by atoms with Crippen LogP contribution in [0.2, 0.25) is 0 Å². The van der Waals surface area contributed by atoms with E-state index >= 15 is 0 Å². The van der Waals surface area contributed by atoms with Gasteiger partial charge in [0.05, 0.1) is 16.3 Å². The van der Waals surface area contributed by atoms with Gasteiger partial charge in [-0.2, -0.15) is 0 Å². The average molecular weight is 286 g/mol. The van der Waals surface area contributed by atoms with Crippen molar-refractivity contribution in [3.05, 3.63) is 22.6 Å². The summed E-state index contributed by atoms with van der Waals surface area (Å²) in [6.45, 7) is 2.14. The lowest BCUT2D eigenvalue weighted by Crippen LogP contribution is -2.51. The average Bonchev–Trinajstić information content (AvgIpc) is 2.63. The molecule has 1 aliphatic carbocycles. The molecule has 1 heterocycles. The number of nitrogens with two attached hydrogens (primary N) is 1. The Morgan fingerprint density at radius 2 is 2.44 bits per heavy atom. The van der Waals surface area contributed by atoms with Crippen molar-refractivity contribution >= 4 is 21.7 Å². The molecule has 0 saturated heterocycles. The first-order chi connectivity index (χ1) is 7.53. The molecule has 88 valence electrons. The molecule has 0 amide bonds. The van der Waals surface area contributed by atoms with Crippen LogP contribution in [0.1, 0.15) is 43.2 Å². The molecule has 2 unspecified atom stereocenters. The molecule has 0 bridgehead atoms. The third-order valence-electron chi connectivity index (χ3n) is 3.31. The normalized spacial score (nSPS) is 30.3. The lowest BCUT2D eigenvalue weighted by atomic mass is 9.74. The fourth-order valence-electron chi connectivity index (χ4n) is 2.48. The maximum Gasteiger partial charge on any atom is 0.218 e. The summed E-state index contributed by atoms with van der Waals surface area (Å²) in [5, 5.41) is 0. The smallest absolute Gasteiger partial charge is 0.218 e. The van der Waals surface area contributed by atoms with Gasteiger partial charge in [0.1, 0.15) is 0 Å². The third-order valence-corrected chi connectivity index (χ3v) is 3.93. The first kappa shape index (κ1) is 11.9. The van der Waals surface area contributed by atoms with Gasteiger partial charge in [0, 0.05) is 0 Å². The lowest BCUT2D eigenvalue weighted by molar-refractivity contribution is 0.0789. The summed E-state index contributed by atoms with van der Waals surface area (Å²) in [5.74, 6) is 0.795. The SMILES string of the molecule is CC1CCCC(N)(C(=O)c2occc2Br)C1. The Hall–Kier alpha value is -0.610. The van der Waals surface area contributed by atoms with E-state index in [4.69, 9.17) is 10.2 Å². The number of carbonyl (C=O) groups is 1. The summed E-state index contributed by atoms with van der Waals surface area (Å²) in [7, 11) is 0. The van der Waals surface area contributed by atoms with Crippen molar-refractivity contribution in [2.45, 2.75) is 38.1 Å². The minimum atomic E-state index is -0.738. The lowest BCUT2D eigenvalue weighted by Gasteiger charge is -2.34. The van der Waals surface area contributed by atoms with Crippen molar-refractivity contribution < 1.29 is 9.21 Å². The number of hydrogen-bond donors (Lipinski definition) is 1. The Balaban J connectivity index is 2.24. The highest BCUT2D eigenvalue weighted by Crippen LogP contribution is 2.34. The highest BCUT2D eigenvalue weighted by atomic mass is 79.9. The largest absolute Gasteiger partial charge is 0.460 e. The van der Waals surface area contributed by atoms with Crippen molar-refractivity contribution in [2.24, 2.45) is 11.7 Å². The Labute approximate surface area is 104 Å². The standard InChI is InChI=1S/C12H16BrNO2/c1-8-3-2-5-12(14,7-8)11(15)10-9(13)4-6-16-10/h4,6,8H,2-3,5,7,14H2,1H3. The molecule has 1 fully saturated rings. The molecular formula is C12H16BrNO2. The number of furan rings is 1. The zero-order chi connectivity index (χ0) is 11.8. The van der Waals surface area contributed by atoms with Gasteiger partial charge >= 0.3 is 0 Å². The topological polar surface area (TPSA) is 56.2 Å². The van der Waals surface area contributed by atoms with Crippen LogP contribution in [0.4, 0.5) is 0 Å². The van der Waals surface area contributed by atoms with E-state index in [1.165, 1.54) is 6.26 Å². The highest BCUT2D eigenvalue weighted by Gasteiger charge is 2.40. The predicted octanol–water partition coefficient (Wildman–Crippen LogP) is 3.13. The molecule has 1 aliphatic rings. The van der Waals surface area contributed by atoms with E-state index < -0.39 is 5.54 Å². The second-order valence-corrected chi connectivity index (χ2v) is 5.64. The van der Waals surface area contributed by atoms with Crippen LogP contribution in [0.5, 0.6) is 0 Å². The van der Waals surface area contributed by atoms with Crippen LogP contribution in [0, 0.1) is 5.92 Å². The number of rotatable bonds is 2. The number of ketones is 1. The molecule has 0 spiro atoms. The molecule has 1 aromatic heterocycles. The van der Waals surface area contributed by atoms with Crippen LogP contribution in [0.25, 0.3) is 0 Å². The van der Waals surface area contributed by atoms with E-state index in [0.29, 0.717) is 16.2 Å². The van der Waals surface area contributed by atoms with Gasteiger partial charge in [0.2, 0.25) is 5.78 Å². The van der Waals surface area contributed by atoms with E-state index in [1.807, 2.05) is 0 Å². The maximum atomic E-state index is 12.3. The summed E-state index contributed by atoms with van der Waals surface area (Å²) in [5.41, 5.74) is 5.48. The minimum absolute atomic E-state index is 0.0732. The number of carbonyl (C=O) groups excluding carboxylic acids is 1. The van der Waals surface area contributed by atoms with Gasteiger partial charge < -0.3 is 10.2 Å². The van der Waals surface area contributed by atoms with Crippen molar-refractivity contribution in [3.63, 3.8) is 0 Å². The van der Waals surface area contributed by atoms with E-state index in [0.717, 1.165) is 25.7 Å². The van der Waals surface area contributed by atoms with Crippen LogP contribution >= 0.6 is 15.9 Å². The van der Waals surface area contributed by atoms with E-state index in [-0.39, 0.29) is 5.78 Å². The van der Waals surface area contributed by atoms with Gasteiger partial charge in [-0.1, -0.05) is 19.8 Å². The molecule has 0 radical (unpaired) electrons. The molecule has 0 aliphatic heterocycles. The predicted molar refractivity (Wildman–Crippen MR) is 65.3 cm³/mol. The molecule has 0 aromatic carbocycles. The number of hydrogen-bond acceptors (Lipinski definition) is 3. The van der Waals surface area contributed by atoms with Gasteiger partial charge in [-0.05, 0) is 40.8 Å². The highest BCUT2D eigenvalue weighted by molar-refractivity contribution is 9.10. The van der Waals surface area contributed by atoms with Gasteiger partial charge in [-0.15, -0.1) is 0 Å². The number of halogens is 1. The molecule has 16 heavy (non-hydrogen) atoms. The first-order valence-electron chi connectivity index (χ1n) is 5.59. The van der Waals surface area contributed by atoms with Crippen LogP contribution in [-0.2, 0) is 0 Å². The molecule has 3 nitrogen and oxygen atoms in total. The second-order valence-electron chi connectivity index (χ2n) is 4.78. The summed E-state index contributed by atoms with van der Waals surface area (Å²) in [6, 6.07) is 1.73. The van der Waals surface area contributed by atoms with Crippen molar-refractivity contribution in [1.29, 1.82) is 0 Å². The minimum Gasteiger partial charge on any atom is -0.460 e. The van der Waals surface area contributed by atoms with Crippen LogP contribution < -0.4 is 5.73 Å². The molecular weight excluding hydrogens is 270 g/mol. The monoisotopic (exact) mass is 285 g/mol. The van der Waals surface area contributed by atoms with Gasteiger partial charge in [0.15, 0.2) is 5.76 Å². The summed E-state index contributed by atoms with van der Waals surface area (Å²) >= 11 is 3.30. The third kappa shape index (κ3) is 2.09.